The molecular formula is C11H16BrN3O2. The summed E-state index contributed by atoms with van der Waals surface area (Å²) in [5, 5.41) is 7.32. The Kier molecular flexibility index (Phi) is 3.83. The zero-order valence-corrected chi connectivity index (χ0v) is 11.5. The fraction of sp³-hybridized carbons (Fsp3) is 0.636. The van der Waals surface area contributed by atoms with Crippen LogP contribution < -0.4 is 10.9 Å². The Morgan fingerprint density at radius 2 is 2.47 bits per heavy atom. The Morgan fingerprint density at radius 1 is 1.71 bits per heavy atom. The van der Waals surface area contributed by atoms with Gasteiger partial charge >= 0.3 is 0 Å². The smallest absolute Gasteiger partial charge is 0.282 e. The van der Waals surface area contributed by atoms with Crippen LogP contribution in [-0.4, -0.2) is 29.0 Å². The highest BCUT2D eigenvalue weighted by atomic mass is 79.9. The standard InChI is InChI=1S/C11H16BrN3O2/c1-7(8-3-4-17-6-8)14-9-5-13-15(2)11(16)10(9)12/h5,7-8,14H,3-4,6H2,1-2H3. The molecule has 1 aromatic heterocycles. The maximum absolute atomic E-state index is 11.7. The molecule has 6 heteroatoms. The molecule has 2 heterocycles. The van der Waals surface area contributed by atoms with Crippen molar-refractivity contribution in [2.24, 2.45) is 13.0 Å². The molecule has 1 N–H and O–H groups in total. The molecule has 0 spiro atoms. The molecule has 5 nitrogen and oxygen atoms in total. The third-order valence-corrected chi connectivity index (χ3v) is 3.90. The van der Waals surface area contributed by atoms with Crippen molar-refractivity contribution in [3.63, 3.8) is 0 Å². The molecule has 0 radical (unpaired) electrons. The highest BCUT2D eigenvalue weighted by molar-refractivity contribution is 9.10. The molecule has 94 valence electrons. The third kappa shape index (κ3) is 2.69. The van der Waals surface area contributed by atoms with E-state index in [1.165, 1.54) is 4.68 Å². The van der Waals surface area contributed by atoms with Gasteiger partial charge < -0.3 is 10.1 Å². The number of rotatable bonds is 3. The zero-order chi connectivity index (χ0) is 12.4. The molecule has 1 fully saturated rings. The van der Waals surface area contributed by atoms with E-state index in [2.05, 4.69) is 33.3 Å². The van der Waals surface area contributed by atoms with Crippen LogP contribution in [0.5, 0.6) is 0 Å². The molecule has 2 unspecified atom stereocenters. The van der Waals surface area contributed by atoms with Gasteiger partial charge in [-0.3, -0.25) is 4.79 Å². The number of halogens is 1. The van der Waals surface area contributed by atoms with Gasteiger partial charge in [0.2, 0.25) is 0 Å². The second-order valence-electron chi connectivity index (χ2n) is 4.36. The first-order valence-corrected chi connectivity index (χ1v) is 6.45. The second kappa shape index (κ2) is 5.18. The van der Waals surface area contributed by atoms with E-state index in [1.54, 1.807) is 13.2 Å². The van der Waals surface area contributed by atoms with Gasteiger partial charge in [-0.2, -0.15) is 5.10 Å². The number of nitrogens with one attached hydrogen (secondary N) is 1. The molecule has 1 saturated heterocycles. The van der Waals surface area contributed by atoms with Crippen molar-refractivity contribution >= 4 is 21.6 Å². The van der Waals surface area contributed by atoms with Crippen LogP contribution in [0.4, 0.5) is 5.69 Å². The number of nitrogens with zero attached hydrogens (tertiary/aromatic N) is 2. The van der Waals surface area contributed by atoms with E-state index in [-0.39, 0.29) is 11.6 Å². The van der Waals surface area contributed by atoms with Crippen molar-refractivity contribution in [3.05, 3.63) is 21.0 Å². The predicted molar refractivity (Wildman–Crippen MR) is 69.2 cm³/mol. The van der Waals surface area contributed by atoms with Gasteiger partial charge in [0.05, 0.1) is 18.5 Å². The quantitative estimate of drug-likeness (QED) is 0.916. The zero-order valence-electron chi connectivity index (χ0n) is 9.94. The maximum atomic E-state index is 11.7. The van der Waals surface area contributed by atoms with Crippen LogP contribution in [0.1, 0.15) is 13.3 Å². The van der Waals surface area contributed by atoms with E-state index in [9.17, 15) is 4.79 Å². The van der Waals surface area contributed by atoms with Crippen molar-refractivity contribution in [2.75, 3.05) is 18.5 Å². The highest BCUT2D eigenvalue weighted by Crippen LogP contribution is 2.22. The lowest BCUT2D eigenvalue weighted by molar-refractivity contribution is 0.183. The van der Waals surface area contributed by atoms with Gasteiger partial charge in [0.25, 0.3) is 5.56 Å². The first kappa shape index (κ1) is 12.6. The normalized spacial score (nSPS) is 21.5. The summed E-state index contributed by atoms with van der Waals surface area (Å²) in [4.78, 5) is 11.7. The van der Waals surface area contributed by atoms with Crippen molar-refractivity contribution < 1.29 is 4.74 Å². The topological polar surface area (TPSA) is 56.2 Å². The summed E-state index contributed by atoms with van der Waals surface area (Å²) in [6.07, 6.45) is 2.72. The molecule has 1 aliphatic rings. The summed E-state index contributed by atoms with van der Waals surface area (Å²) in [5.74, 6) is 0.492. The Hall–Kier alpha value is -0.880. The van der Waals surface area contributed by atoms with E-state index < -0.39 is 0 Å². The second-order valence-corrected chi connectivity index (χ2v) is 5.15. The van der Waals surface area contributed by atoms with Crippen molar-refractivity contribution in [1.82, 2.24) is 9.78 Å². The number of aryl methyl sites for hydroxylation is 1. The maximum Gasteiger partial charge on any atom is 0.282 e. The average Bonchev–Trinajstić information content (AvgIpc) is 2.83. The number of hydrogen-bond donors (Lipinski definition) is 1. The van der Waals surface area contributed by atoms with E-state index >= 15 is 0 Å². The van der Waals surface area contributed by atoms with Gasteiger partial charge in [-0.15, -0.1) is 0 Å². The van der Waals surface area contributed by atoms with Crippen molar-refractivity contribution in [3.8, 4) is 0 Å². The van der Waals surface area contributed by atoms with Crippen LogP contribution >= 0.6 is 15.9 Å². The fourth-order valence-electron chi connectivity index (χ4n) is 1.92. The SMILES string of the molecule is CC(Nc1cnn(C)c(=O)c1Br)C1CCOC1. The van der Waals surface area contributed by atoms with Gasteiger partial charge in [0, 0.05) is 25.6 Å². The largest absolute Gasteiger partial charge is 0.381 e. The first-order valence-electron chi connectivity index (χ1n) is 5.65. The molecule has 0 saturated carbocycles. The lowest BCUT2D eigenvalue weighted by atomic mass is 10.0. The third-order valence-electron chi connectivity index (χ3n) is 3.13. The summed E-state index contributed by atoms with van der Waals surface area (Å²) >= 11 is 3.30. The van der Waals surface area contributed by atoms with Gasteiger partial charge in [-0.1, -0.05) is 0 Å². The van der Waals surface area contributed by atoms with Crippen molar-refractivity contribution in [1.29, 1.82) is 0 Å². The van der Waals surface area contributed by atoms with Crippen LogP contribution in [0.2, 0.25) is 0 Å². The lowest BCUT2D eigenvalue weighted by Crippen LogP contribution is -2.28. The van der Waals surface area contributed by atoms with E-state index in [0.29, 0.717) is 10.4 Å². The van der Waals surface area contributed by atoms with E-state index in [4.69, 9.17) is 4.74 Å². The number of hydrogen-bond acceptors (Lipinski definition) is 4. The van der Waals surface area contributed by atoms with E-state index in [1.807, 2.05) is 0 Å². The Labute approximate surface area is 108 Å². The Morgan fingerprint density at radius 3 is 3.12 bits per heavy atom. The summed E-state index contributed by atoms with van der Waals surface area (Å²) in [6.45, 7) is 3.71. The monoisotopic (exact) mass is 301 g/mol. The van der Waals surface area contributed by atoms with E-state index in [0.717, 1.165) is 25.3 Å². The Balaban J connectivity index is 2.13. The molecule has 2 atom stereocenters. The highest BCUT2D eigenvalue weighted by Gasteiger charge is 2.23. The van der Waals surface area contributed by atoms with Gasteiger partial charge in [0.15, 0.2) is 0 Å². The van der Waals surface area contributed by atoms with Crippen LogP contribution in [0.25, 0.3) is 0 Å². The van der Waals surface area contributed by atoms with Gasteiger partial charge in [-0.05, 0) is 29.3 Å². The minimum atomic E-state index is -0.134. The minimum absolute atomic E-state index is 0.134. The molecule has 1 aromatic rings. The molecule has 0 aromatic carbocycles. The minimum Gasteiger partial charge on any atom is -0.381 e. The van der Waals surface area contributed by atoms with Crippen LogP contribution in [0, 0.1) is 5.92 Å². The molecule has 0 amide bonds. The lowest BCUT2D eigenvalue weighted by Gasteiger charge is -2.20. The van der Waals surface area contributed by atoms with Gasteiger partial charge in [-0.25, -0.2) is 4.68 Å². The summed E-state index contributed by atoms with van der Waals surface area (Å²) in [6, 6.07) is 0.266. The first-order chi connectivity index (χ1) is 8.09. The molecule has 1 aliphatic heterocycles. The van der Waals surface area contributed by atoms with Crippen LogP contribution in [0.15, 0.2) is 15.5 Å². The molecule has 2 rings (SSSR count). The summed E-state index contributed by atoms with van der Waals surface area (Å²) in [7, 11) is 1.63. The summed E-state index contributed by atoms with van der Waals surface area (Å²) < 4.78 is 7.19. The molecule has 0 bridgehead atoms. The molecule has 0 aliphatic carbocycles. The molecule has 17 heavy (non-hydrogen) atoms. The average molecular weight is 302 g/mol. The van der Waals surface area contributed by atoms with Gasteiger partial charge in [0.1, 0.15) is 4.47 Å². The van der Waals surface area contributed by atoms with Crippen LogP contribution in [0.3, 0.4) is 0 Å². The fourth-order valence-corrected chi connectivity index (χ4v) is 2.40. The number of aromatic nitrogens is 2. The van der Waals surface area contributed by atoms with Crippen molar-refractivity contribution in [2.45, 2.75) is 19.4 Å². The summed E-state index contributed by atoms with van der Waals surface area (Å²) in [5.41, 5.74) is 0.609. The Bertz CT molecular complexity index is 455. The predicted octanol–water partition coefficient (Wildman–Crippen LogP) is 1.38. The molecular weight excluding hydrogens is 286 g/mol. The number of ether oxygens (including phenoxy) is 1. The van der Waals surface area contributed by atoms with Crippen LogP contribution in [-0.2, 0) is 11.8 Å². The number of anilines is 1.